The van der Waals surface area contributed by atoms with Gasteiger partial charge in [-0.05, 0) is 35.6 Å². The fourth-order valence-corrected chi connectivity index (χ4v) is 5.18. The number of carbonyl (C=O) groups is 1. The molecule has 0 N–H and O–H groups in total. The number of rotatable bonds is 5. The summed E-state index contributed by atoms with van der Waals surface area (Å²) in [7, 11) is 0. The van der Waals surface area contributed by atoms with Crippen LogP contribution in [0.25, 0.3) is 0 Å². The van der Waals surface area contributed by atoms with E-state index >= 15 is 0 Å². The molecule has 5 rings (SSSR count). The topological polar surface area (TPSA) is 71.7 Å². The monoisotopic (exact) mass is 494 g/mol. The Labute approximate surface area is 211 Å². The third kappa shape index (κ3) is 5.52. The van der Waals surface area contributed by atoms with Crippen molar-refractivity contribution in [3.63, 3.8) is 0 Å². The van der Waals surface area contributed by atoms with Crippen molar-refractivity contribution in [2.75, 3.05) is 39.4 Å². The first-order valence-corrected chi connectivity index (χ1v) is 12.7. The Kier molecular flexibility index (Phi) is 7.35. The second-order valence-corrected chi connectivity index (χ2v) is 9.74. The minimum atomic E-state index is -0.0305. The summed E-state index contributed by atoms with van der Waals surface area (Å²) in [6.45, 7) is 5.81. The van der Waals surface area contributed by atoms with E-state index in [0.29, 0.717) is 62.6 Å². The molecule has 2 amide bonds. The number of halogens is 1. The van der Waals surface area contributed by atoms with Crippen LogP contribution in [0.5, 0.6) is 0 Å². The third-order valence-electron chi connectivity index (χ3n) is 7.00. The Bertz CT molecular complexity index is 1140. The number of aromatic nitrogens is 2. The van der Waals surface area contributed by atoms with E-state index < -0.39 is 0 Å². The van der Waals surface area contributed by atoms with Crippen molar-refractivity contribution >= 4 is 17.6 Å². The molecule has 0 radical (unpaired) electrons. The molecule has 2 aromatic carbocycles. The van der Waals surface area contributed by atoms with E-state index in [-0.39, 0.29) is 17.9 Å². The molecule has 0 saturated carbocycles. The molecule has 0 aliphatic carbocycles. The molecule has 7 nitrogen and oxygen atoms in total. The Morgan fingerprint density at radius 1 is 1.03 bits per heavy atom. The molecule has 2 unspecified atom stereocenters. The minimum absolute atomic E-state index is 0.0305. The first kappa shape index (κ1) is 23.8. The van der Waals surface area contributed by atoms with Gasteiger partial charge in [-0.25, -0.2) is 4.79 Å². The van der Waals surface area contributed by atoms with Crippen LogP contribution in [-0.4, -0.2) is 65.4 Å². The van der Waals surface area contributed by atoms with Gasteiger partial charge in [-0.3, -0.25) is 0 Å². The Hall–Kier alpha value is -2.90. The quantitative estimate of drug-likeness (QED) is 0.504. The molecule has 8 heteroatoms. The first-order chi connectivity index (χ1) is 17.1. The van der Waals surface area contributed by atoms with Gasteiger partial charge in [0.1, 0.15) is 0 Å². The number of urea groups is 1. The number of amides is 2. The molecule has 2 fully saturated rings. The second-order valence-electron chi connectivity index (χ2n) is 9.33. The van der Waals surface area contributed by atoms with Gasteiger partial charge in [0.25, 0.3) is 0 Å². The van der Waals surface area contributed by atoms with Crippen molar-refractivity contribution in [1.29, 1.82) is 0 Å². The van der Waals surface area contributed by atoms with E-state index in [4.69, 9.17) is 25.8 Å². The summed E-state index contributed by atoms with van der Waals surface area (Å²) in [4.78, 5) is 22.0. The van der Waals surface area contributed by atoms with E-state index in [1.54, 1.807) is 0 Å². The molecule has 2 saturated heterocycles. The molecule has 3 heterocycles. The highest BCUT2D eigenvalue weighted by atomic mass is 35.5. The van der Waals surface area contributed by atoms with Crippen LogP contribution in [0.4, 0.5) is 4.79 Å². The number of likely N-dealkylation sites (tertiary alicyclic amines) is 1. The van der Waals surface area contributed by atoms with E-state index in [1.807, 2.05) is 34.1 Å². The Morgan fingerprint density at radius 2 is 1.77 bits per heavy atom. The van der Waals surface area contributed by atoms with E-state index in [2.05, 4.69) is 36.3 Å². The molecular weight excluding hydrogens is 464 g/mol. The Balaban J connectivity index is 1.37. The highest BCUT2D eigenvalue weighted by molar-refractivity contribution is 6.31. The molecule has 3 aromatic rings. The zero-order valence-electron chi connectivity index (χ0n) is 20.0. The fraction of sp³-hybridized carbons (Fsp3) is 0.444. The van der Waals surface area contributed by atoms with Crippen LogP contribution in [0.3, 0.4) is 0 Å². The van der Waals surface area contributed by atoms with Gasteiger partial charge >= 0.3 is 6.03 Å². The van der Waals surface area contributed by atoms with Gasteiger partial charge in [-0.2, -0.15) is 4.98 Å². The number of nitrogens with zero attached hydrogens (tertiary/aromatic N) is 4. The van der Waals surface area contributed by atoms with Crippen molar-refractivity contribution in [3.8, 4) is 0 Å². The maximum absolute atomic E-state index is 13.4. The smallest absolute Gasteiger partial charge is 0.320 e. The van der Waals surface area contributed by atoms with Crippen molar-refractivity contribution in [1.82, 2.24) is 19.9 Å². The normalized spacial score (nSPS) is 20.7. The van der Waals surface area contributed by atoms with Crippen LogP contribution < -0.4 is 0 Å². The summed E-state index contributed by atoms with van der Waals surface area (Å²) in [5, 5.41) is 4.92. The van der Waals surface area contributed by atoms with Gasteiger partial charge in [-0.15, -0.1) is 0 Å². The van der Waals surface area contributed by atoms with Crippen LogP contribution in [0.15, 0.2) is 53.1 Å². The average Bonchev–Trinajstić information content (AvgIpc) is 3.38. The van der Waals surface area contributed by atoms with Gasteiger partial charge < -0.3 is 19.1 Å². The van der Waals surface area contributed by atoms with Crippen LogP contribution >= 0.6 is 11.6 Å². The lowest BCUT2D eigenvalue weighted by molar-refractivity contribution is 0.0392. The number of piperidine rings is 1. The standard InChI is InChI=1S/C27H31ClN4O3/c1-2-19-7-9-20(10-8-19)22-15-23(18-32(17-22)27(33)31-11-13-34-14-12-31)26-29-25(30-35-26)16-21-5-3-4-6-24(21)28/h3-10,22-23H,2,11-18H2,1H3. The average molecular weight is 495 g/mol. The molecule has 0 bridgehead atoms. The number of carbonyl (C=O) groups excluding carboxylic acids is 1. The molecule has 35 heavy (non-hydrogen) atoms. The van der Waals surface area contributed by atoms with E-state index in [0.717, 1.165) is 18.4 Å². The highest BCUT2D eigenvalue weighted by Gasteiger charge is 2.36. The molecule has 2 aliphatic heterocycles. The minimum Gasteiger partial charge on any atom is -0.378 e. The lowest BCUT2D eigenvalue weighted by atomic mass is 9.84. The summed E-state index contributed by atoms with van der Waals surface area (Å²) >= 11 is 6.32. The first-order valence-electron chi connectivity index (χ1n) is 12.4. The number of hydrogen-bond acceptors (Lipinski definition) is 5. The summed E-state index contributed by atoms with van der Waals surface area (Å²) in [5.74, 6) is 1.36. The Morgan fingerprint density at radius 3 is 2.51 bits per heavy atom. The van der Waals surface area contributed by atoms with Crippen molar-refractivity contribution < 1.29 is 14.1 Å². The summed E-state index contributed by atoms with van der Waals surface area (Å²) in [6, 6.07) is 16.5. The fourth-order valence-electron chi connectivity index (χ4n) is 4.97. The summed E-state index contributed by atoms with van der Waals surface area (Å²) in [5.41, 5.74) is 3.51. The third-order valence-corrected chi connectivity index (χ3v) is 7.37. The van der Waals surface area contributed by atoms with Crippen molar-refractivity contribution in [2.45, 2.75) is 38.0 Å². The number of aryl methyl sites for hydroxylation is 1. The van der Waals surface area contributed by atoms with E-state index in [9.17, 15) is 4.79 Å². The number of morpholine rings is 1. The summed E-state index contributed by atoms with van der Waals surface area (Å²) in [6.07, 6.45) is 2.37. The molecule has 1 aromatic heterocycles. The number of benzene rings is 2. The largest absolute Gasteiger partial charge is 0.378 e. The van der Waals surface area contributed by atoms with Crippen LogP contribution in [0, 0.1) is 0 Å². The molecule has 2 atom stereocenters. The van der Waals surface area contributed by atoms with Gasteiger partial charge in [-0.1, -0.05) is 66.1 Å². The number of ether oxygens (including phenoxy) is 1. The zero-order valence-corrected chi connectivity index (χ0v) is 20.8. The zero-order chi connectivity index (χ0) is 24.2. The van der Waals surface area contributed by atoms with Crippen molar-refractivity contribution in [3.05, 3.63) is 82.0 Å². The van der Waals surface area contributed by atoms with Gasteiger partial charge in [0.15, 0.2) is 5.82 Å². The molecule has 0 spiro atoms. The number of hydrogen-bond donors (Lipinski definition) is 0. The lowest BCUT2D eigenvalue weighted by Gasteiger charge is -2.40. The maximum Gasteiger partial charge on any atom is 0.320 e. The van der Waals surface area contributed by atoms with Crippen LogP contribution in [0.2, 0.25) is 5.02 Å². The molecule has 184 valence electrons. The van der Waals surface area contributed by atoms with Gasteiger partial charge in [0.05, 0.1) is 19.1 Å². The van der Waals surface area contributed by atoms with Crippen molar-refractivity contribution in [2.24, 2.45) is 0 Å². The SMILES string of the molecule is CCc1ccc(C2CC(c3nc(Cc4ccccc4Cl)no3)CN(C(=O)N3CCOCC3)C2)cc1. The second kappa shape index (κ2) is 10.8. The van der Waals surface area contributed by atoms with Gasteiger partial charge in [0.2, 0.25) is 5.89 Å². The molecule has 2 aliphatic rings. The van der Waals surface area contributed by atoms with Gasteiger partial charge in [0, 0.05) is 43.5 Å². The predicted octanol–water partition coefficient (Wildman–Crippen LogP) is 4.90. The molecular formula is C27H31ClN4O3. The maximum atomic E-state index is 13.4. The van der Waals surface area contributed by atoms with Crippen LogP contribution in [0.1, 0.15) is 53.6 Å². The van der Waals surface area contributed by atoms with Crippen LogP contribution in [-0.2, 0) is 17.6 Å². The predicted molar refractivity (Wildman–Crippen MR) is 134 cm³/mol. The summed E-state index contributed by atoms with van der Waals surface area (Å²) < 4.78 is 11.2. The van der Waals surface area contributed by atoms with E-state index in [1.165, 1.54) is 11.1 Å². The highest BCUT2D eigenvalue weighted by Crippen LogP contribution is 2.36. The lowest BCUT2D eigenvalue weighted by Crippen LogP contribution is -2.52.